The molecule has 0 saturated carbocycles. The fourth-order valence-electron chi connectivity index (χ4n) is 3.86. The van der Waals surface area contributed by atoms with Crippen LogP contribution in [-0.4, -0.2) is 35.3 Å². The Morgan fingerprint density at radius 2 is 1.84 bits per heavy atom. The van der Waals surface area contributed by atoms with Gasteiger partial charge in [0.15, 0.2) is 0 Å². The van der Waals surface area contributed by atoms with Crippen molar-refractivity contribution in [3.8, 4) is 0 Å². The number of esters is 1. The van der Waals surface area contributed by atoms with Crippen LogP contribution in [0.3, 0.4) is 0 Å². The number of ether oxygens (including phenoxy) is 1. The van der Waals surface area contributed by atoms with Gasteiger partial charge < -0.3 is 4.74 Å². The van der Waals surface area contributed by atoms with Crippen molar-refractivity contribution >= 4 is 5.97 Å². The van der Waals surface area contributed by atoms with Crippen molar-refractivity contribution in [1.82, 2.24) is 5.06 Å². The van der Waals surface area contributed by atoms with Crippen LogP contribution in [0.1, 0.15) is 58.9 Å². The summed E-state index contributed by atoms with van der Waals surface area (Å²) in [6.45, 7) is 14.7. The summed E-state index contributed by atoms with van der Waals surface area (Å²) in [5.41, 5.74) is 1.50. The van der Waals surface area contributed by atoms with Crippen molar-refractivity contribution in [3.63, 3.8) is 0 Å². The van der Waals surface area contributed by atoms with E-state index in [0.717, 1.165) is 12.8 Å². The fraction of sp³-hybridized carbons (Fsp3) is 0.571. The molecule has 0 amide bonds. The molecule has 1 aromatic rings. The van der Waals surface area contributed by atoms with E-state index < -0.39 is 0 Å². The predicted molar refractivity (Wildman–Crippen MR) is 100 cm³/mol. The molecule has 25 heavy (non-hydrogen) atoms. The van der Waals surface area contributed by atoms with Gasteiger partial charge in [-0.2, -0.15) is 5.06 Å². The molecular weight excluding hydrogens is 314 g/mol. The van der Waals surface area contributed by atoms with Gasteiger partial charge in [0.2, 0.25) is 0 Å². The van der Waals surface area contributed by atoms with Gasteiger partial charge in [0.25, 0.3) is 0 Å². The van der Waals surface area contributed by atoms with Crippen molar-refractivity contribution in [3.05, 3.63) is 48.0 Å². The molecule has 1 saturated heterocycles. The highest BCUT2D eigenvalue weighted by Crippen LogP contribution is 2.46. The Morgan fingerprint density at radius 3 is 2.44 bits per heavy atom. The Labute approximate surface area is 151 Å². The average Bonchev–Trinajstić information content (AvgIpc) is 2.53. The Balaban J connectivity index is 2.07. The zero-order chi connectivity index (χ0) is 18.7. The van der Waals surface area contributed by atoms with E-state index in [0.29, 0.717) is 18.1 Å². The SMILES string of the molecule is C=C(C)C(=O)OCCON1C(C)(C)CCC(c2ccccc2)C1(C)C. The highest BCUT2D eigenvalue weighted by Gasteiger charge is 2.48. The molecule has 138 valence electrons. The normalized spacial score (nSPS) is 22.4. The van der Waals surface area contributed by atoms with Crippen molar-refractivity contribution in [2.75, 3.05) is 13.2 Å². The maximum absolute atomic E-state index is 11.5. The molecule has 0 radical (unpaired) electrons. The van der Waals surface area contributed by atoms with Gasteiger partial charge >= 0.3 is 5.97 Å². The van der Waals surface area contributed by atoms with Gasteiger partial charge in [-0.25, -0.2) is 4.79 Å². The largest absolute Gasteiger partial charge is 0.460 e. The summed E-state index contributed by atoms with van der Waals surface area (Å²) in [6.07, 6.45) is 2.16. The molecule has 1 unspecified atom stereocenters. The Morgan fingerprint density at radius 1 is 1.20 bits per heavy atom. The van der Waals surface area contributed by atoms with E-state index in [1.807, 2.05) is 6.07 Å². The molecule has 1 fully saturated rings. The summed E-state index contributed by atoms with van der Waals surface area (Å²) in [7, 11) is 0. The van der Waals surface area contributed by atoms with Crippen LogP contribution in [0.5, 0.6) is 0 Å². The van der Waals surface area contributed by atoms with Gasteiger partial charge in [-0.3, -0.25) is 4.84 Å². The van der Waals surface area contributed by atoms with E-state index in [-0.39, 0.29) is 23.7 Å². The summed E-state index contributed by atoms with van der Waals surface area (Å²) in [4.78, 5) is 17.6. The lowest BCUT2D eigenvalue weighted by Crippen LogP contribution is -2.61. The lowest BCUT2D eigenvalue weighted by molar-refractivity contribution is -0.288. The Hall–Kier alpha value is -1.65. The standard InChI is InChI=1S/C21H31NO3/c1-16(2)19(23)24-14-15-25-22-20(3,4)13-12-18(21(22,5)6)17-10-8-7-9-11-17/h7-11,18H,1,12-15H2,2-6H3. The maximum Gasteiger partial charge on any atom is 0.333 e. The highest BCUT2D eigenvalue weighted by atomic mass is 16.7. The molecule has 2 rings (SSSR count). The van der Waals surface area contributed by atoms with E-state index in [1.165, 1.54) is 5.56 Å². The minimum Gasteiger partial charge on any atom is -0.460 e. The number of nitrogens with zero attached hydrogens (tertiary/aromatic N) is 1. The van der Waals surface area contributed by atoms with Gasteiger partial charge in [0.05, 0.1) is 0 Å². The van der Waals surface area contributed by atoms with Gasteiger partial charge in [0.1, 0.15) is 13.2 Å². The zero-order valence-electron chi connectivity index (χ0n) is 16.2. The Bertz CT molecular complexity index is 607. The third kappa shape index (κ3) is 4.50. The minimum absolute atomic E-state index is 0.0762. The first-order chi connectivity index (χ1) is 11.7. The van der Waals surface area contributed by atoms with Gasteiger partial charge in [0, 0.05) is 22.6 Å². The number of hydrogen-bond acceptors (Lipinski definition) is 4. The van der Waals surface area contributed by atoms with Gasteiger partial charge in [-0.15, -0.1) is 0 Å². The van der Waals surface area contributed by atoms with Gasteiger partial charge in [-0.05, 0) is 53.0 Å². The van der Waals surface area contributed by atoms with E-state index in [2.05, 4.69) is 63.6 Å². The first-order valence-electron chi connectivity index (χ1n) is 8.97. The lowest BCUT2D eigenvalue weighted by Gasteiger charge is -2.55. The molecule has 0 spiro atoms. The van der Waals surface area contributed by atoms with Crippen molar-refractivity contribution in [2.45, 2.75) is 64.5 Å². The molecule has 1 aliphatic rings. The van der Waals surface area contributed by atoms with Crippen molar-refractivity contribution in [2.24, 2.45) is 0 Å². The van der Waals surface area contributed by atoms with E-state index in [4.69, 9.17) is 9.57 Å². The second kappa shape index (κ2) is 7.71. The molecule has 0 N–H and O–H groups in total. The van der Waals surface area contributed by atoms with Crippen LogP contribution in [-0.2, 0) is 14.4 Å². The quantitative estimate of drug-likeness (QED) is 0.433. The highest BCUT2D eigenvalue weighted by molar-refractivity contribution is 5.86. The number of hydrogen-bond donors (Lipinski definition) is 0. The number of hydroxylamine groups is 2. The summed E-state index contributed by atoms with van der Waals surface area (Å²) in [5.74, 6) is 0.0163. The molecule has 0 aliphatic carbocycles. The van der Waals surface area contributed by atoms with Crippen molar-refractivity contribution in [1.29, 1.82) is 0 Å². The second-order valence-corrected chi connectivity index (χ2v) is 8.01. The van der Waals surface area contributed by atoms with Crippen LogP contribution in [0, 0.1) is 0 Å². The van der Waals surface area contributed by atoms with Crippen LogP contribution >= 0.6 is 0 Å². The number of rotatable bonds is 6. The van der Waals surface area contributed by atoms with E-state index in [9.17, 15) is 4.79 Å². The summed E-state index contributed by atoms with van der Waals surface area (Å²) in [6, 6.07) is 10.6. The third-order valence-electron chi connectivity index (χ3n) is 5.06. The zero-order valence-corrected chi connectivity index (χ0v) is 16.2. The summed E-state index contributed by atoms with van der Waals surface area (Å²) < 4.78 is 5.15. The molecule has 4 nitrogen and oxygen atoms in total. The van der Waals surface area contributed by atoms with Crippen LogP contribution in [0.25, 0.3) is 0 Å². The average molecular weight is 345 g/mol. The smallest absolute Gasteiger partial charge is 0.333 e. The third-order valence-corrected chi connectivity index (χ3v) is 5.06. The molecule has 0 aromatic heterocycles. The first kappa shape index (κ1) is 19.7. The maximum atomic E-state index is 11.5. The van der Waals surface area contributed by atoms with E-state index in [1.54, 1.807) is 6.92 Å². The Kier molecular flexibility index (Phi) is 6.07. The number of benzene rings is 1. The van der Waals surface area contributed by atoms with Crippen molar-refractivity contribution < 1.29 is 14.4 Å². The molecule has 4 heteroatoms. The second-order valence-electron chi connectivity index (χ2n) is 8.01. The summed E-state index contributed by atoms with van der Waals surface area (Å²) >= 11 is 0. The van der Waals surface area contributed by atoms with E-state index >= 15 is 0 Å². The van der Waals surface area contributed by atoms with Gasteiger partial charge in [-0.1, -0.05) is 36.9 Å². The fourth-order valence-corrected chi connectivity index (χ4v) is 3.86. The van der Waals surface area contributed by atoms with Crippen LogP contribution < -0.4 is 0 Å². The minimum atomic E-state index is -0.372. The van der Waals surface area contributed by atoms with Crippen LogP contribution in [0.4, 0.5) is 0 Å². The lowest BCUT2D eigenvalue weighted by atomic mass is 9.71. The molecule has 1 aliphatic heterocycles. The number of carbonyl (C=O) groups is 1. The predicted octanol–water partition coefficient (Wildman–Crippen LogP) is 4.47. The topological polar surface area (TPSA) is 38.8 Å². The number of carbonyl (C=O) groups excluding carboxylic acids is 1. The molecule has 1 heterocycles. The van der Waals surface area contributed by atoms with Crippen LogP contribution in [0.2, 0.25) is 0 Å². The summed E-state index contributed by atoms with van der Waals surface area (Å²) in [5, 5.41) is 2.11. The van der Waals surface area contributed by atoms with Crippen LogP contribution in [0.15, 0.2) is 42.5 Å². The molecule has 1 aromatic carbocycles. The first-order valence-corrected chi connectivity index (χ1v) is 8.97. The number of piperidine rings is 1. The molecule has 0 bridgehead atoms. The monoisotopic (exact) mass is 345 g/mol. The molecule has 1 atom stereocenters. The molecular formula is C21H31NO3.